The van der Waals surface area contributed by atoms with Crippen LogP contribution in [0.2, 0.25) is 0 Å². The highest BCUT2D eigenvalue weighted by atomic mass is 79.9. The molecule has 2 heterocycles. The summed E-state index contributed by atoms with van der Waals surface area (Å²) in [5, 5.41) is 5.40. The van der Waals surface area contributed by atoms with Crippen molar-refractivity contribution in [3.8, 4) is 0 Å². The standard InChI is InChI=1S/C25H24BrN3O3S/c26-19-12-10-18(11-13-19)17-29-22-8-2-1-7-21(22)24(31)28(25(29)32)14-4-3-9-23(30)27-16-20-6-5-15-33-20/h1-2,5-8,10-13,15H,3-4,9,14,16-17H2,(H,27,30). The van der Waals surface area contributed by atoms with Gasteiger partial charge in [0.15, 0.2) is 0 Å². The molecule has 4 rings (SSSR count). The molecule has 2 aromatic carbocycles. The van der Waals surface area contributed by atoms with Gasteiger partial charge in [-0.3, -0.25) is 18.7 Å². The zero-order valence-corrected chi connectivity index (χ0v) is 20.4. The van der Waals surface area contributed by atoms with E-state index in [1.807, 2.05) is 47.8 Å². The molecule has 6 nitrogen and oxygen atoms in total. The van der Waals surface area contributed by atoms with Gasteiger partial charge < -0.3 is 5.32 Å². The van der Waals surface area contributed by atoms with E-state index in [2.05, 4.69) is 21.2 Å². The van der Waals surface area contributed by atoms with Crippen LogP contribution in [0.1, 0.15) is 29.7 Å². The number of para-hydroxylation sites is 1. The number of benzene rings is 2. The molecule has 8 heteroatoms. The minimum absolute atomic E-state index is 0.0260. The first-order valence-electron chi connectivity index (χ1n) is 10.8. The predicted molar refractivity (Wildman–Crippen MR) is 136 cm³/mol. The lowest BCUT2D eigenvalue weighted by atomic mass is 10.2. The third-order valence-electron chi connectivity index (χ3n) is 5.46. The van der Waals surface area contributed by atoms with Gasteiger partial charge in [-0.1, -0.05) is 46.3 Å². The number of halogens is 1. The summed E-state index contributed by atoms with van der Waals surface area (Å²) in [7, 11) is 0. The molecule has 0 atom stereocenters. The fraction of sp³-hybridized carbons (Fsp3) is 0.240. The van der Waals surface area contributed by atoms with Crippen LogP contribution in [0.25, 0.3) is 10.9 Å². The number of aromatic nitrogens is 2. The number of fused-ring (bicyclic) bond motifs is 1. The van der Waals surface area contributed by atoms with E-state index in [1.54, 1.807) is 34.1 Å². The summed E-state index contributed by atoms with van der Waals surface area (Å²) in [6.45, 7) is 1.18. The fourth-order valence-corrected chi connectivity index (χ4v) is 4.64. The molecule has 1 N–H and O–H groups in total. The highest BCUT2D eigenvalue weighted by Crippen LogP contribution is 2.14. The van der Waals surface area contributed by atoms with E-state index in [1.165, 1.54) is 4.57 Å². The van der Waals surface area contributed by atoms with E-state index in [0.29, 0.717) is 43.3 Å². The number of carbonyl (C=O) groups excluding carboxylic acids is 1. The Bertz CT molecular complexity index is 1360. The number of nitrogens with one attached hydrogen (secondary N) is 1. The molecule has 0 radical (unpaired) electrons. The molecule has 2 aromatic heterocycles. The molecule has 0 aliphatic rings. The summed E-state index contributed by atoms with van der Waals surface area (Å²) < 4.78 is 3.91. The van der Waals surface area contributed by atoms with E-state index >= 15 is 0 Å². The van der Waals surface area contributed by atoms with E-state index in [4.69, 9.17) is 0 Å². The Kier molecular flexibility index (Phi) is 7.57. The fourth-order valence-electron chi connectivity index (χ4n) is 3.74. The minimum atomic E-state index is -0.330. The van der Waals surface area contributed by atoms with Crippen LogP contribution in [0.4, 0.5) is 0 Å². The summed E-state index contributed by atoms with van der Waals surface area (Å²) in [5.74, 6) is -0.0260. The average Bonchev–Trinajstić information content (AvgIpc) is 3.35. The Morgan fingerprint density at radius 3 is 2.48 bits per heavy atom. The second-order valence-electron chi connectivity index (χ2n) is 7.78. The second-order valence-corrected chi connectivity index (χ2v) is 9.73. The Balaban J connectivity index is 1.47. The monoisotopic (exact) mass is 525 g/mol. The second kappa shape index (κ2) is 10.8. The molecule has 33 heavy (non-hydrogen) atoms. The van der Waals surface area contributed by atoms with Gasteiger partial charge in [0.2, 0.25) is 5.91 Å². The maximum atomic E-state index is 13.3. The topological polar surface area (TPSA) is 73.1 Å². The average molecular weight is 526 g/mol. The van der Waals surface area contributed by atoms with E-state index in [9.17, 15) is 14.4 Å². The number of carbonyl (C=O) groups is 1. The molecule has 0 saturated heterocycles. The van der Waals surface area contributed by atoms with Crippen molar-refractivity contribution < 1.29 is 4.79 Å². The number of rotatable bonds is 9. The quantitative estimate of drug-likeness (QED) is 0.326. The maximum absolute atomic E-state index is 13.3. The van der Waals surface area contributed by atoms with Gasteiger partial charge >= 0.3 is 5.69 Å². The van der Waals surface area contributed by atoms with Crippen LogP contribution in [0.5, 0.6) is 0 Å². The summed E-state index contributed by atoms with van der Waals surface area (Å²) in [6, 6.07) is 18.9. The number of thiophene rings is 1. The van der Waals surface area contributed by atoms with Crippen molar-refractivity contribution in [1.82, 2.24) is 14.5 Å². The Labute approximate surface area is 203 Å². The summed E-state index contributed by atoms with van der Waals surface area (Å²) in [4.78, 5) is 39.5. The number of amides is 1. The van der Waals surface area contributed by atoms with Crippen molar-refractivity contribution in [3.63, 3.8) is 0 Å². The molecule has 0 aliphatic heterocycles. The lowest BCUT2D eigenvalue weighted by Crippen LogP contribution is -2.40. The van der Waals surface area contributed by atoms with Crippen LogP contribution in [-0.2, 0) is 24.4 Å². The first-order chi connectivity index (χ1) is 16.0. The molecule has 0 fully saturated rings. The van der Waals surface area contributed by atoms with Crippen molar-refractivity contribution >= 4 is 44.1 Å². The normalized spacial score (nSPS) is 11.1. The summed E-state index contributed by atoms with van der Waals surface area (Å²) in [5.41, 5.74) is 0.978. The van der Waals surface area contributed by atoms with Crippen LogP contribution in [-0.4, -0.2) is 15.0 Å². The largest absolute Gasteiger partial charge is 0.351 e. The smallest absolute Gasteiger partial charge is 0.331 e. The Hall–Kier alpha value is -2.97. The van der Waals surface area contributed by atoms with Crippen molar-refractivity contribution in [1.29, 1.82) is 0 Å². The van der Waals surface area contributed by atoms with E-state index in [0.717, 1.165) is 14.9 Å². The SMILES string of the molecule is O=C(CCCCn1c(=O)c2ccccc2n(Cc2ccc(Br)cc2)c1=O)NCc1cccs1. The first kappa shape index (κ1) is 23.2. The van der Waals surface area contributed by atoms with E-state index in [-0.39, 0.29) is 23.7 Å². The van der Waals surface area contributed by atoms with Crippen molar-refractivity contribution in [2.45, 2.75) is 38.9 Å². The zero-order valence-electron chi connectivity index (χ0n) is 18.0. The van der Waals surface area contributed by atoms with Crippen LogP contribution < -0.4 is 16.6 Å². The van der Waals surface area contributed by atoms with Gasteiger partial charge in [-0.2, -0.15) is 0 Å². The third-order valence-corrected chi connectivity index (χ3v) is 6.87. The number of hydrogen-bond acceptors (Lipinski definition) is 4. The Morgan fingerprint density at radius 1 is 0.939 bits per heavy atom. The van der Waals surface area contributed by atoms with Crippen molar-refractivity contribution in [3.05, 3.63) is 102 Å². The van der Waals surface area contributed by atoms with E-state index < -0.39 is 0 Å². The lowest BCUT2D eigenvalue weighted by molar-refractivity contribution is -0.121. The number of nitrogens with zero attached hydrogens (tertiary/aromatic N) is 2. The lowest BCUT2D eigenvalue weighted by Gasteiger charge is -2.14. The molecular formula is C25H24BrN3O3S. The molecule has 0 bridgehead atoms. The van der Waals surface area contributed by atoms with Gasteiger partial charge in [0, 0.05) is 22.3 Å². The van der Waals surface area contributed by atoms with Gasteiger partial charge in [-0.25, -0.2) is 4.79 Å². The van der Waals surface area contributed by atoms with Crippen molar-refractivity contribution in [2.24, 2.45) is 0 Å². The minimum Gasteiger partial charge on any atom is -0.351 e. The summed E-state index contributed by atoms with van der Waals surface area (Å²) in [6.07, 6.45) is 1.53. The molecule has 0 saturated carbocycles. The maximum Gasteiger partial charge on any atom is 0.331 e. The number of hydrogen-bond donors (Lipinski definition) is 1. The highest BCUT2D eigenvalue weighted by Gasteiger charge is 2.13. The van der Waals surface area contributed by atoms with Gasteiger partial charge in [-0.05, 0) is 54.1 Å². The molecular weight excluding hydrogens is 502 g/mol. The van der Waals surface area contributed by atoms with Gasteiger partial charge in [-0.15, -0.1) is 11.3 Å². The first-order valence-corrected chi connectivity index (χ1v) is 12.5. The van der Waals surface area contributed by atoms with Gasteiger partial charge in [0.05, 0.1) is 24.0 Å². The number of unbranched alkanes of at least 4 members (excludes halogenated alkanes) is 1. The molecule has 170 valence electrons. The van der Waals surface area contributed by atoms with Crippen LogP contribution in [0.15, 0.2) is 80.1 Å². The molecule has 4 aromatic rings. The Morgan fingerprint density at radius 2 is 1.73 bits per heavy atom. The zero-order chi connectivity index (χ0) is 23.2. The molecule has 1 amide bonds. The molecule has 0 spiro atoms. The molecule has 0 aliphatic carbocycles. The highest BCUT2D eigenvalue weighted by molar-refractivity contribution is 9.10. The van der Waals surface area contributed by atoms with Gasteiger partial charge in [0.1, 0.15) is 0 Å². The summed E-state index contributed by atoms with van der Waals surface area (Å²) >= 11 is 5.03. The van der Waals surface area contributed by atoms with Gasteiger partial charge in [0.25, 0.3) is 5.56 Å². The van der Waals surface area contributed by atoms with Crippen molar-refractivity contribution in [2.75, 3.05) is 0 Å². The van der Waals surface area contributed by atoms with Crippen LogP contribution in [0, 0.1) is 0 Å². The predicted octanol–water partition coefficient (Wildman–Crippen LogP) is 4.52. The third kappa shape index (κ3) is 5.69. The van der Waals surface area contributed by atoms with Crippen LogP contribution >= 0.6 is 27.3 Å². The molecule has 0 unspecified atom stereocenters. The van der Waals surface area contributed by atoms with Crippen LogP contribution in [0.3, 0.4) is 0 Å².